The van der Waals surface area contributed by atoms with Gasteiger partial charge in [0.2, 0.25) is 0 Å². The van der Waals surface area contributed by atoms with Gasteiger partial charge < -0.3 is 4.57 Å². The molecule has 0 spiro atoms. The van der Waals surface area contributed by atoms with Crippen LogP contribution in [0.15, 0.2) is 55.2 Å². The Morgan fingerprint density at radius 3 is 2.76 bits per heavy atom. The van der Waals surface area contributed by atoms with Gasteiger partial charge in [0.25, 0.3) is 0 Å². The molecule has 0 saturated carbocycles. The van der Waals surface area contributed by atoms with Crippen molar-refractivity contribution >= 4 is 0 Å². The maximum atomic E-state index is 4.34. The smallest absolute Gasteiger partial charge is 0.0836 e. The predicted molar refractivity (Wildman–Crippen MR) is 65.8 cm³/mol. The lowest BCUT2D eigenvalue weighted by molar-refractivity contribution is 0.879. The second kappa shape index (κ2) is 3.90. The van der Waals surface area contributed by atoms with Gasteiger partial charge in [-0.1, -0.05) is 0 Å². The van der Waals surface area contributed by atoms with Crippen molar-refractivity contribution in [1.29, 1.82) is 0 Å². The second-order valence-corrected chi connectivity index (χ2v) is 3.91. The van der Waals surface area contributed by atoms with Gasteiger partial charge in [-0.25, -0.2) is 4.68 Å². The van der Waals surface area contributed by atoms with E-state index >= 15 is 0 Å². The van der Waals surface area contributed by atoms with Gasteiger partial charge in [-0.2, -0.15) is 5.10 Å². The highest BCUT2D eigenvalue weighted by molar-refractivity contribution is 5.60. The van der Waals surface area contributed by atoms with Gasteiger partial charge in [-0.15, -0.1) is 0 Å². The summed E-state index contributed by atoms with van der Waals surface area (Å²) >= 11 is 0. The van der Waals surface area contributed by atoms with Crippen molar-refractivity contribution in [1.82, 2.24) is 19.3 Å². The third kappa shape index (κ3) is 1.73. The maximum Gasteiger partial charge on any atom is 0.0836 e. The Morgan fingerprint density at radius 2 is 2.06 bits per heavy atom. The summed E-state index contributed by atoms with van der Waals surface area (Å²) in [6.07, 6.45) is 9.46. The summed E-state index contributed by atoms with van der Waals surface area (Å²) in [7, 11) is 2.01. The molecular formula is C13H12N4. The predicted octanol–water partition coefficient (Wildman–Crippen LogP) is 2.27. The summed E-state index contributed by atoms with van der Waals surface area (Å²) in [6.45, 7) is 0. The monoisotopic (exact) mass is 224 g/mol. The van der Waals surface area contributed by atoms with Crippen molar-refractivity contribution < 1.29 is 0 Å². The lowest BCUT2D eigenvalue weighted by Crippen LogP contribution is -1.98. The molecule has 0 radical (unpaired) electrons. The Hall–Kier alpha value is -2.36. The molecule has 3 heterocycles. The Morgan fingerprint density at radius 1 is 1.12 bits per heavy atom. The van der Waals surface area contributed by atoms with E-state index in [1.165, 1.54) is 0 Å². The minimum atomic E-state index is 0.969. The molecule has 4 nitrogen and oxygen atoms in total. The Labute approximate surface area is 99.2 Å². The van der Waals surface area contributed by atoms with Crippen LogP contribution in [0.1, 0.15) is 0 Å². The molecule has 0 amide bonds. The molecule has 0 aliphatic heterocycles. The molecule has 0 aliphatic rings. The first-order valence-electron chi connectivity index (χ1n) is 5.41. The van der Waals surface area contributed by atoms with Gasteiger partial charge in [-0.3, -0.25) is 4.98 Å². The van der Waals surface area contributed by atoms with Gasteiger partial charge in [0.15, 0.2) is 0 Å². The van der Waals surface area contributed by atoms with Crippen LogP contribution in [0.3, 0.4) is 0 Å². The van der Waals surface area contributed by atoms with E-state index in [0.29, 0.717) is 0 Å². The zero-order valence-electron chi connectivity index (χ0n) is 9.49. The van der Waals surface area contributed by atoms with Crippen molar-refractivity contribution in [2.75, 3.05) is 0 Å². The summed E-state index contributed by atoms with van der Waals surface area (Å²) in [6, 6.07) is 7.98. The van der Waals surface area contributed by atoms with Crippen LogP contribution in [0, 0.1) is 0 Å². The van der Waals surface area contributed by atoms with Crippen LogP contribution in [0.4, 0.5) is 0 Å². The fraction of sp³-hybridized carbons (Fsp3) is 0.0769. The molecule has 0 aliphatic carbocycles. The molecule has 4 heteroatoms. The Bertz CT molecular complexity index is 622. The fourth-order valence-corrected chi connectivity index (χ4v) is 1.86. The van der Waals surface area contributed by atoms with Crippen LogP contribution < -0.4 is 0 Å². The topological polar surface area (TPSA) is 35.6 Å². The number of hydrogen-bond acceptors (Lipinski definition) is 2. The van der Waals surface area contributed by atoms with Crippen LogP contribution in [0.5, 0.6) is 0 Å². The molecule has 0 saturated heterocycles. The first-order valence-corrected chi connectivity index (χ1v) is 5.41. The number of pyridine rings is 1. The SMILES string of the molecule is Cn1ccc(-c2ccnn2-c2cccnc2)c1. The molecule has 3 rings (SSSR count). The molecule has 3 aromatic heterocycles. The number of aromatic nitrogens is 4. The molecule has 0 bridgehead atoms. The van der Waals surface area contributed by atoms with E-state index in [1.54, 1.807) is 18.6 Å². The van der Waals surface area contributed by atoms with Crippen molar-refractivity contribution in [3.8, 4) is 16.9 Å². The van der Waals surface area contributed by atoms with Crippen molar-refractivity contribution in [2.45, 2.75) is 0 Å². The standard InChI is InChI=1S/C13H12N4/c1-16-8-5-11(10-16)13-4-7-15-17(13)12-3-2-6-14-9-12/h2-10H,1H3. The molecule has 0 unspecified atom stereocenters. The van der Waals surface area contributed by atoms with Crippen molar-refractivity contribution in [3.05, 3.63) is 55.2 Å². The normalized spacial score (nSPS) is 10.6. The molecule has 17 heavy (non-hydrogen) atoms. The summed E-state index contributed by atoms with van der Waals surface area (Å²) in [5.41, 5.74) is 3.18. The molecule has 0 N–H and O–H groups in total. The molecule has 3 aromatic rings. The second-order valence-electron chi connectivity index (χ2n) is 3.91. The summed E-state index contributed by atoms with van der Waals surface area (Å²) < 4.78 is 3.91. The average Bonchev–Trinajstić information content (AvgIpc) is 2.98. The van der Waals surface area contributed by atoms with E-state index in [0.717, 1.165) is 16.9 Å². The van der Waals surface area contributed by atoms with E-state index in [2.05, 4.69) is 22.3 Å². The third-order valence-electron chi connectivity index (χ3n) is 2.66. The van der Waals surface area contributed by atoms with Gasteiger partial charge in [-0.05, 0) is 24.3 Å². The fourth-order valence-electron chi connectivity index (χ4n) is 1.86. The highest BCUT2D eigenvalue weighted by Gasteiger charge is 2.07. The number of nitrogens with zero attached hydrogens (tertiary/aromatic N) is 4. The molecule has 0 aromatic carbocycles. The van der Waals surface area contributed by atoms with Gasteiger partial charge in [0, 0.05) is 31.2 Å². The minimum Gasteiger partial charge on any atom is -0.357 e. The van der Waals surface area contributed by atoms with Crippen LogP contribution in [-0.2, 0) is 7.05 Å². The zero-order valence-corrected chi connectivity index (χ0v) is 9.49. The minimum absolute atomic E-state index is 0.969. The van der Waals surface area contributed by atoms with Crippen molar-refractivity contribution in [3.63, 3.8) is 0 Å². The molecular weight excluding hydrogens is 212 g/mol. The summed E-state index contributed by atoms with van der Waals surface area (Å²) in [4.78, 5) is 4.11. The highest BCUT2D eigenvalue weighted by Crippen LogP contribution is 2.21. The van der Waals surface area contributed by atoms with Crippen LogP contribution in [-0.4, -0.2) is 19.3 Å². The van der Waals surface area contributed by atoms with Crippen LogP contribution in [0.25, 0.3) is 16.9 Å². The molecule has 84 valence electrons. The lowest BCUT2D eigenvalue weighted by atomic mass is 10.2. The van der Waals surface area contributed by atoms with Crippen molar-refractivity contribution in [2.24, 2.45) is 7.05 Å². The van der Waals surface area contributed by atoms with E-state index in [-0.39, 0.29) is 0 Å². The number of rotatable bonds is 2. The largest absolute Gasteiger partial charge is 0.357 e. The van der Waals surface area contributed by atoms with E-state index in [4.69, 9.17) is 0 Å². The van der Waals surface area contributed by atoms with E-state index in [1.807, 2.05) is 40.7 Å². The average molecular weight is 224 g/mol. The van der Waals surface area contributed by atoms with Crippen LogP contribution in [0.2, 0.25) is 0 Å². The Kier molecular flexibility index (Phi) is 2.26. The lowest BCUT2D eigenvalue weighted by Gasteiger charge is -2.05. The zero-order chi connectivity index (χ0) is 11.7. The summed E-state index contributed by atoms with van der Waals surface area (Å²) in [5.74, 6) is 0. The van der Waals surface area contributed by atoms with Gasteiger partial charge in [0.1, 0.15) is 0 Å². The molecule has 0 atom stereocenters. The van der Waals surface area contributed by atoms with E-state index in [9.17, 15) is 0 Å². The summed E-state index contributed by atoms with van der Waals surface area (Å²) in [5, 5.41) is 4.34. The maximum absolute atomic E-state index is 4.34. The third-order valence-corrected chi connectivity index (χ3v) is 2.66. The van der Waals surface area contributed by atoms with E-state index < -0.39 is 0 Å². The number of hydrogen-bond donors (Lipinski definition) is 0. The van der Waals surface area contributed by atoms with Crippen LogP contribution >= 0.6 is 0 Å². The van der Waals surface area contributed by atoms with Gasteiger partial charge >= 0.3 is 0 Å². The number of aryl methyl sites for hydroxylation is 1. The first-order chi connectivity index (χ1) is 8.34. The first kappa shape index (κ1) is 9.84. The molecule has 0 fully saturated rings. The van der Waals surface area contributed by atoms with Gasteiger partial charge in [0.05, 0.1) is 23.8 Å². The highest BCUT2D eigenvalue weighted by atomic mass is 15.3. The quantitative estimate of drug-likeness (QED) is 0.669. The Balaban J connectivity index is 2.12.